The molecule has 10 heteroatoms. The van der Waals surface area contributed by atoms with Gasteiger partial charge >= 0.3 is 0 Å². The highest BCUT2D eigenvalue weighted by Crippen LogP contribution is 2.17. The van der Waals surface area contributed by atoms with Crippen molar-refractivity contribution >= 4 is 15.9 Å². The van der Waals surface area contributed by atoms with E-state index in [0.717, 1.165) is 12.1 Å². The summed E-state index contributed by atoms with van der Waals surface area (Å²) in [7, 11) is -0.350. The van der Waals surface area contributed by atoms with Crippen LogP contribution in [0.2, 0.25) is 0 Å². The molecule has 148 valence electrons. The van der Waals surface area contributed by atoms with Crippen LogP contribution in [-0.4, -0.2) is 46.4 Å². The second-order valence-corrected chi connectivity index (χ2v) is 7.79. The molecule has 0 spiro atoms. The van der Waals surface area contributed by atoms with Gasteiger partial charge in [0.15, 0.2) is 11.6 Å². The average molecular weight is 401 g/mol. The number of amides is 1. The molecular formula is C17H21F2N3O4S. The van der Waals surface area contributed by atoms with E-state index in [1.54, 1.807) is 18.4 Å². The highest BCUT2D eigenvalue weighted by molar-refractivity contribution is 7.89. The maximum atomic E-state index is 13.2. The van der Waals surface area contributed by atoms with Crippen LogP contribution < -0.4 is 10.0 Å². The van der Waals surface area contributed by atoms with Gasteiger partial charge in [-0.1, -0.05) is 0 Å². The maximum Gasteiger partial charge on any atom is 0.240 e. The van der Waals surface area contributed by atoms with Crippen LogP contribution in [0.4, 0.5) is 8.78 Å². The molecule has 0 fully saturated rings. The SMILES string of the molecule is CN(C)C(CNC(=O)CCNS(=O)(=O)c1ccc(F)c(F)c1)c1ccco1. The van der Waals surface area contributed by atoms with Crippen LogP contribution in [0.25, 0.3) is 0 Å². The molecule has 0 aliphatic heterocycles. The van der Waals surface area contributed by atoms with E-state index in [2.05, 4.69) is 10.0 Å². The Kier molecular flexibility index (Phi) is 7.05. The minimum atomic E-state index is -4.04. The van der Waals surface area contributed by atoms with Gasteiger partial charge in [0.1, 0.15) is 5.76 Å². The number of nitrogens with zero attached hydrogens (tertiary/aromatic N) is 1. The van der Waals surface area contributed by atoms with Crippen molar-refractivity contribution in [2.45, 2.75) is 17.4 Å². The van der Waals surface area contributed by atoms with Gasteiger partial charge in [-0.3, -0.25) is 9.69 Å². The molecule has 1 heterocycles. The first-order chi connectivity index (χ1) is 12.7. The molecule has 0 radical (unpaired) electrons. The molecule has 1 atom stereocenters. The summed E-state index contributed by atoms with van der Waals surface area (Å²) in [5, 5.41) is 2.71. The Hall–Kier alpha value is -2.30. The summed E-state index contributed by atoms with van der Waals surface area (Å²) in [6, 6.07) is 5.65. The van der Waals surface area contributed by atoms with Crippen molar-refractivity contribution in [1.82, 2.24) is 14.9 Å². The zero-order valence-electron chi connectivity index (χ0n) is 14.9. The van der Waals surface area contributed by atoms with E-state index in [9.17, 15) is 22.0 Å². The van der Waals surface area contributed by atoms with Crippen LogP contribution >= 0.6 is 0 Å². The lowest BCUT2D eigenvalue weighted by Gasteiger charge is -2.22. The molecule has 7 nitrogen and oxygen atoms in total. The minimum Gasteiger partial charge on any atom is -0.468 e. The third-order valence-corrected chi connectivity index (χ3v) is 5.29. The standard InChI is InChI=1S/C17H21F2N3O4S/c1-22(2)15(16-4-3-9-26-16)11-20-17(23)7-8-21-27(24,25)12-5-6-13(18)14(19)10-12/h3-6,9-10,15,21H,7-8,11H2,1-2H3,(H,20,23). The molecule has 2 N–H and O–H groups in total. The van der Waals surface area contributed by atoms with Crippen molar-refractivity contribution in [2.24, 2.45) is 0 Å². The van der Waals surface area contributed by atoms with Crippen LogP contribution in [0.15, 0.2) is 45.9 Å². The molecule has 0 bridgehead atoms. The minimum absolute atomic E-state index is 0.110. The Balaban J connectivity index is 1.83. The monoisotopic (exact) mass is 401 g/mol. The highest BCUT2D eigenvalue weighted by Gasteiger charge is 2.19. The Bertz CT molecular complexity index is 870. The number of carbonyl (C=O) groups is 1. The number of sulfonamides is 1. The van der Waals surface area contributed by atoms with Gasteiger partial charge in [-0.25, -0.2) is 21.9 Å². The summed E-state index contributed by atoms with van der Waals surface area (Å²) in [6.07, 6.45) is 1.43. The van der Waals surface area contributed by atoms with Crippen molar-refractivity contribution in [3.8, 4) is 0 Å². The lowest BCUT2D eigenvalue weighted by Crippen LogP contribution is -2.36. The molecule has 2 aromatic rings. The lowest BCUT2D eigenvalue weighted by atomic mass is 10.2. The summed E-state index contributed by atoms with van der Waals surface area (Å²) in [6.45, 7) is 0.107. The predicted molar refractivity (Wildman–Crippen MR) is 94.3 cm³/mol. The molecule has 0 aliphatic rings. The van der Waals surface area contributed by atoms with Crippen molar-refractivity contribution in [3.05, 3.63) is 54.0 Å². The number of benzene rings is 1. The quantitative estimate of drug-likeness (QED) is 0.667. The van der Waals surface area contributed by atoms with Crippen LogP contribution in [0.1, 0.15) is 18.2 Å². The third kappa shape index (κ3) is 5.84. The molecule has 1 unspecified atom stereocenters. The maximum absolute atomic E-state index is 13.2. The van der Waals surface area contributed by atoms with Gasteiger partial charge in [0.2, 0.25) is 15.9 Å². The topological polar surface area (TPSA) is 91.7 Å². The number of rotatable bonds is 9. The van der Waals surface area contributed by atoms with E-state index in [0.29, 0.717) is 11.8 Å². The summed E-state index contributed by atoms with van der Waals surface area (Å²) in [4.78, 5) is 13.4. The predicted octanol–water partition coefficient (Wildman–Crippen LogP) is 1.65. The fourth-order valence-electron chi connectivity index (χ4n) is 2.34. The van der Waals surface area contributed by atoms with Crippen molar-refractivity contribution < 1.29 is 26.4 Å². The molecule has 1 aromatic heterocycles. The molecule has 2 rings (SSSR count). The van der Waals surface area contributed by atoms with E-state index in [1.165, 1.54) is 0 Å². The number of furan rings is 1. The van der Waals surface area contributed by atoms with E-state index < -0.39 is 26.6 Å². The highest BCUT2D eigenvalue weighted by atomic mass is 32.2. The number of likely N-dealkylation sites (N-methyl/N-ethyl adjacent to an activating group) is 1. The number of halogens is 2. The number of hydrogen-bond acceptors (Lipinski definition) is 5. The van der Waals surface area contributed by atoms with Crippen molar-refractivity contribution in [2.75, 3.05) is 27.2 Å². The largest absolute Gasteiger partial charge is 0.468 e. The Morgan fingerprint density at radius 3 is 2.56 bits per heavy atom. The van der Waals surface area contributed by atoms with Gasteiger partial charge in [-0.2, -0.15) is 0 Å². The second kappa shape index (κ2) is 9.07. The van der Waals surface area contributed by atoms with Crippen LogP contribution in [0.3, 0.4) is 0 Å². The molecule has 1 amide bonds. The van der Waals surface area contributed by atoms with Crippen LogP contribution in [0.5, 0.6) is 0 Å². The Morgan fingerprint density at radius 2 is 1.96 bits per heavy atom. The van der Waals surface area contributed by atoms with Crippen LogP contribution in [-0.2, 0) is 14.8 Å². The second-order valence-electron chi connectivity index (χ2n) is 6.02. The zero-order valence-corrected chi connectivity index (χ0v) is 15.7. The Morgan fingerprint density at radius 1 is 1.22 bits per heavy atom. The first-order valence-corrected chi connectivity index (χ1v) is 9.60. The number of carbonyl (C=O) groups excluding carboxylic acids is 1. The molecule has 0 aliphatic carbocycles. The fourth-order valence-corrected chi connectivity index (χ4v) is 3.39. The van der Waals surface area contributed by atoms with E-state index in [4.69, 9.17) is 4.42 Å². The summed E-state index contributed by atoms with van der Waals surface area (Å²) < 4.78 is 57.7. The lowest BCUT2D eigenvalue weighted by molar-refractivity contribution is -0.121. The van der Waals surface area contributed by atoms with Crippen molar-refractivity contribution in [3.63, 3.8) is 0 Å². The molecule has 27 heavy (non-hydrogen) atoms. The van der Waals surface area contributed by atoms with E-state index >= 15 is 0 Å². The average Bonchev–Trinajstić information content (AvgIpc) is 3.11. The van der Waals surface area contributed by atoms with Gasteiger partial charge in [0.25, 0.3) is 0 Å². The molecular weight excluding hydrogens is 380 g/mol. The van der Waals surface area contributed by atoms with Crippen LogP contribution in [0, 0.1) is 11.6 Å². The van der Waals surface area contributed by atoms with E-state index in [-0.39, 0.29) is 31.5 Å². The number of hydrogen-bond donors (Lipinski definition) is 2. The van der Waals surface area contributed by atoms with Crippen molar-refractivity contribution in [1.29, 1.82) is 0 Å². The first kappa shape index (κ1) is 21.0. The fraction of sp³-hybridized carbons (Fsp3) is 0.353. The van der Waals surface area contributed by atoms with E-state index in [1.807, 2.05) is 19.0 Å². The van der Waals surface area contributed by atoms with Gasteiger partial charge in [0.05, 0.1) is 17.2 Å². The summed E-state index contributed by atoms with van der Waals surface area (Å²) in [5.41, 5.74) is 0. The van der Waals surface area contributed by atoms with Gasteiger partial charge in [-0.15, -0.1) is 0 Å². The molecule has 0 saturated heterocycles. The summed E-state index contributed by atoms with van der Waals surface area (Å²) >= 11 is 0. The van der Waals surface area contributed by atoms with Gasteiger partial charge < -0.3 is 9.73 Å². The van der Waals surface area contributed by atoms with Gasteiger partial charge in [-0.05, 0) is 44.4 Å². The molecule has 0 saturated carbocycles. The first-order valence-electron chi connectivity index (χ1n) is 8.12. The normalized spacial score (nSPS) is 12.9. The number of nitrogens with one attached hydrogen (secondary N) is 2. The summed E-state index contributed by atoms with van der Waals surface area (Å²) in [5.74, 6) is -2.07. The third-order valence-electron chi connectivity index (χ3n) is 3.83. The Labute approximate surface area is 156 Å². The van der Waals surface area contributed by atoms with Gasteiger partial charge in [0, 0.05) is 19.5 Å². The zero-order chi connectivity index (χ0) is 20.0. The smallest absolute Gasteiger partial charge is 0.240 e. The molecule has 1 aromatic carbocycles.